The third-order valence-corrected chi connectivity index (χ3v) is 4.89. The van der Waals surface area contributed by atoms with Crippen LogP contribution < -0.4 is 4.74 Å². The molecule has 3 aromatic heterocycles. The first-order chi connectivity index (χ1) is 14.3. The van der Waals surface area contributed by atoms with Gasteiger partial charge in [-0.05, 0) is 30.3 Å². The molecule has 29 heavy (non-hydrogen) atoms. The molecule has 138 valence electrons. The molecular formula is C23H15N5O. The van der Waals surface area contributed by atoms with Crippen molar-refractivity contribution in [2.75, 3.05) is 7.11 Å². The highest BCUT2D eigenvalue weighted by molar-refractivity contribution is 5.88. The van der Waals surface area contributed by atoms with E-state index in [2.05, 4.69) is 22.1 Å². The predicted octanol–water partition coefficient (Wildman–Crippen LogP) is 4.49. The zero-order valence-corrected chi connectivity index (χ0v) is 15.6. The van der Waals surface area contributed by atoms with Crippen LogP contribution in [-0.2, 0) is 0 Å². The maximum absolute atomic E-state index is 9.12. The fraction of sp³-hybridized carbons (Fsp3) is 0.0435. The summed E-state index contributed by atoms with van der Waals surface area (Å²) in [5.74, 6) is 0.494. The van der Waals surface area contributed by atoms with Gasteiger partial charge in [0.2, 0.25) is 5.88 Å². The Balaban J connectivity index is 1.84. The monoisotopic (exact) mass is 377 g/mol. The fourth-order valence-corrected chi connectivity index (χ4v) is 3.51. The maximum Gasteiger partial charge on any atom is 0.240 e. The zero-order valence-electron chi connectivity index (χ0n) is 15.6. The standard InChI is InChI=1S/C23H15N5O/c1-29-23-20-13-25-14-28(20)22(18-8-9-19-17(11-18)3-2-10-26-19)21(27-23)16-6-4-15(12-24)5-7-16/h2-11,13-14H,1H3. The third-order valence-electron chi connectivity index (χ3n) is 4.89. The van der Waals surface area contributed by atoms with Gasteiger partial charge in [-0.3, -0.25) is 9.38 Å². The SMILES string of the molecule is COc1nc(-c2ccc(C#N)cc2)c(-c2ccc3ncccc3c2)n2cncc12. The van der Waals surface area contributed by atoms with Crippen molar-refractivity contribution in [1.82, 2.24) is 19.4 Å². The molecule has 0 radical (unpaired) electrons. The number of methoxy groups -OCH3 is 1. The molecule has 3 heterocycles. The average molecular weight is 377 g/mol. The molecule has 0 unspecified atom stereocenters. The van der Waals surface area contributed by atoms with E-state index in [-0.39, 0.29) is 0 Å². The van der Waals surface area contributed by atoms with E-state index in [1.807, 2.05) is 40.8 Å². The van der Waals surface area contributed by atoms with Crippen molar-refractivity contribution in [1.29, 1.82) is 5.26 Å². The number of nitriles is 1. The molecule has 0 fully saturated rings. The highest BCUT2D eigenvalue weighted by Gasteiger charge is 2.18. The fourth-order valence-electron chi connectivity index (χ4n) is 3.51. The molecule has 0 aliphatic rings. The minimum absolute atomic E-state index is 0.494. The lowest BCUT2D eigenvalue weighted by Gasteiger charge is -2.15. The number of rotatable bonds is 3. The van der Waals surface area contributed by atoms with Crippen molar-refractivity contribution in [3.05, 3.63) is 78.9 Å². The molecule has 0 bridgehead atoms. The minimum atomic E-state index is 0.494. The van der Waals surface area contributed by atoms with Crippen molar-refractivity contribution in [3.63, 3.8) is 0 Å². The Bertz CT molecular complexity index is 1400. The Labute approximate surface area is 166 Å². The summed E-state index contributed by atoms with van der Waals surface area (Å²) >= 11 is 0. The van der Waals surface area contributed by atoms with Gasteiger partial charge < -0.3 is 4.74 Å². The topological polar surface area (TPSA) is 76.1 Å². The molecule has 0 atom stereocenters. The van der Waals surface area contributed by atoms with Crippen molar-refractivity contribution in [2.24, 2.45) is 0 Å². The number of benzene rings is 2. The molecule has 0 spiro atoms. The number of imidazole rings is 1. The summed E-state index contributed by atoms with van der Waals surface area (Å²) in [5.41, 5.74) is 5.84. The van der Waals surface area contributed by atoms with Gasteiger partial charge in [0.1, 0.15) is 5.52 Å². The lowest BCUT2D eigenvalue weighted by Crippen LogP contribution is -2.01. The Morgan fingerprint density at radius 3 is 2.66 bits per heavy atom. The first-order valence-corrected chi connectivity index (χ1v) is 9.04. The van der Waals surface area contributed by atoms with Gasteiger partial charge in [-0.25, -0.2) is 9.97 Å². The van der Waals surface area contributed by atoms with Crippen LogP contribution in [0.1, 0.15) is 5.56 Å². The van der Waals surface area contributed by atoms with Crippen LogP contribution in [0.2, 0.25) is 0 Å². The predicted molar refractivity (Wildman–Crippen MR) is 110 cm³/mol. The number of aromatic nitrogens is 4. The van der Waals surface area contributed by atoms with Crippen LogP contribution in [0.15, 0.2) is 73.3 Å². The van der Waals surface area contributed by atoms with E-state index in [0.29, 0.717) is 11.4 Å². The summed E-state index contributed by atoms with van der Waals surface area (Å²) in [5, 5.41) is 10.2. The Morgan fingerprint density at radius 2 is 1.86 bits per heavy atom. The quantitative estimate of drug-likeness (QED) is 0.463. The smallest absolute Gasteiger partial charge is 0.240 e. The van der Waals surface area contributed by atoms with Crippen LogP contribution in [0.3, 0.4) is 0 Å². The Hall–Kier alpha value is -4.24. The number of hydrogen-bond acceptors (Lipinski definition) is 5. The van der Waals surface area contributed by atoms with Crippen LogP contribution in [0, 0.1) is 11.3 Å². The molecule has 5 rings (SSSR count). The van der Waals surface area contributed by atoms with E-state index in [4.69, 9.17) is 15.0 Å². The largest absolute Gasteiger partial charge is 0.479 e. The summed E-state index contributed by atoms with van der Waals surface area (Å²) in [7, 11) is 1.60. The number of hydrogen-bond donors (Lipinski definition) is 0. The number of ether oxygens (including phenoxy) is 1. The van der Waals surface area contributed by atoms with Gasteiger partial charge in [-0.1, -0.05) is 24.3 Å². The number of nitrogens with zero attached hydrogens (tertiary/aromatic N) is 5. The van der Waals surface area contributed by atoms with Crippen LogP contribution in [0.4, 0.5) is 0 Å². The van der Waals surface area contributed by atoms with Gasteiger partial charge in [0.05, 0.1) is 48.2 Å². The normalized spacial score (nSPS) is 10.9. The second kappa shape index (κ2) is 6.73. The minimum Gasteiger partial charge on any atom is -0.479 e. The van der Waals surface area contributed by atoms with E-state index in [0.717, 1.165) is 38.9 Å². The van der Waals surface area contributed by atoms with Crippen molar-refractivity contribution in [2.45, 2.75) is 0 Å². The Morgan fingerprint density at radius 1 is 1.03 bits per heavy atom. The first-order valence-electron chi connectivity index (χ1n) is 9.04. The molecule has 0 amide bonds. The molecular weight excluding hydrogens is 362 g/mol. The molecule has 0 saturated carbocycles. The van der Waals surface area contributed by atoms with Crippen LogP contribution in [0.25, 0.3) is 38.9 Å². The van der Waals surface area contributed by atoms with E-state index < -0.39 is 0 Å². The van der Waals surface area contributed by atoms with Crippen molar-refractivity contribution in [3.8, 4) is 34.5 Å². The van der Waals surface area contributed by atoms with Crippen LogP contribution in [0.5, 0.6) is 5.88 Å². The van der Waals surface area contributed by atoms with Gasteiger partial charge in [0.15, 0.2) is 0 Å². The second-order valence-corrected chi connectivity index (χ2v) is 6.57. The van der Waals surface area contributed by atoms with Crippen molar-refractivity contribution < 1.29 is 4.74 Å². The van der Waals surface area contributed by atoms with Crippen LogP contribution in [-0.4, -0.2) is 26.5 Å². The molecule has 0 N–H and O–H groups in total. The third kappa shape index (κ3) is 2.77. The molecule has 5 aromatic rings. The van der Waals surface area contributed by atoms with Gasteiger partial charge in [0.25, 0.3) is 0 Å². The van der Waals surface area contributed by atoms with E-state index in [9.17, 15) is 0 Å². The highest BCUT2D eigenvalue weighted by Crippen LogP contribution is 2.35. The summed E-state index contributed by atoms with van der Waals surface area (Å²) in [6.07, 6.45) is 5.28. The number of pyridine rings is 1. The lowest BCUT2D eigenvalue weighted by molar-refractivity contribution is 0.402. The first kappa shape index (κ1) is 16.9. The van der Waals surface area contributed by atoms with E-state index in [1.165, 1.54) is 0 Å². The number of fused-ring (bicyclic) bond motifs is 2. The molecule has 2 aromatic carbocycles. The highest BCUT2D eigenvalue weighted by atomic mass is 16.5. The van der Waals surface area contributed by atoms with E-state index in [1.54, 1.807) is 38.0 Å². The van der Waals surface area contributed by atoms with Crippen molar-refractivity contribution >= 4 is 16.4 Å². The van der Waals surface area contributed by atoms with Gasteiger partial charge in [-0.15, -0.1) is 0 Å². The van der Waals surface area contributed by atoms with Gasteiger partial charge >= 0.3 is 0 Å². The van der Waals surface area contributed by atoms with Crippen LogP contribution >= 0.6 is 0 Å². The average Bonchev–Trinajstić information content (AvgIpc) is 3.27. The molecule has 0 aliphatic carbocycles. The summed E-state index contributed by atoms with van der Waals surface area (Å²) in [6, 6.07) is 19.6. The second-order valence-electron chi connectivity index (χ2n) is 6.57. The zero-order chi connectivity index (χ0) is 19.8. The summed E-state index contributed by atoms with van der Waals surface area (Å²) in [4.78, 5) is 13.5. The molecule has 6 nitrogen and oxygen atoms in total. The molecule has 6 heteroatoms. The summed E-state index contributed by atoms with van der Waals surface area (Å²) < 4.78 is 7.50. The van der Waals surface area contributed by atoms with Gasteiger partial charge in [0, 0.05) is 22.7 Å². The van der Waals surface area contributed by atoms with Gasteiger partial charge in [-0.2, -0.15) is 5.26 Å². The van der Waals surface area contributed by atoms with E-state index >= 15 is 0 Å². The Kier molecular flexibility index (Phi) is 3.92. The molecule has 0 aliphatic heterocycles. The summed E-state index contributed by atoms with van der Waals surface area (Å²) in [6.45, 7) is 0. The lowest BCUT2D eigenvalue weighted by atomic mass is 10.0. The maximum atomic E-state index is 9.12. The molecule has 0 saturated heterocycles.